The maximum atomic E-state index is 12.0. The molecule has 0 aliphatic rings. The molecule has 0 saturated carbocycles. The summed E-state index contributed by atoms with van der Waals surface area (Å²) in [5, 5.41) is 4.83. The zero-order valence-electron chi connectivity index (χ0n) is 12.1. The number of rotatable bonds is 5. The third kappa shape index (κ3) is 3.68. The van der Waals surface area contributed by atoms with Gasteiger partial charge in [-0.2, -0.15) is 0 Å². The van der Waals surface area contributed by atoms with Crippen molar-refractivity contribution in [1.29, 1.82) is 0 Å². The number of carbonyl (C=O) groups excluding carboxylic acids is 1. The standard InChI is InChI=1S/C18H17ClN2O/c19-16-3-1-2-13(10-16)6-8-21-18(22)12-14-4-5-15-7-9-20-17(15)11-14/h1-5,7,9-11,20H,6,8,12H2,(H,21,22). The number of H-pyrrole nitrogens is 1. The average molecular weight is 313 g/mol. The Balaban J connectivity index is 1.51. The number of aromatic amines is 1. The van der Waals surface area contributed by atoms with Crippen molar-refractivity contribution in [3.63, 3.8) is 0 Å². The molecule has 22 heavy (non-hydrogen) atoms. The van der Waals surface area contributed by atoms with Crippen LogP contribution in [0.1, 0.15) is 11.1 Å². The highest BCUT2D eigenvalue weighted by Gasteiger charge is 2.04. The topological polar surface area (TPSA) is 44.9 Å². The van der Waals surface area contributed by atoms with Crippen molar-refractivity contribution < 1.29 is 4.79 Å². The Kier molecular flexibility index (Phi) is 4.45. The van der Waals surface area contributed by atoms with Gasteiger partial charge in [-0.05, 0) is 47.2 Å². The van der Waals surface area contributed by atoms with Gasteiger partial charge in [0.2, 0.25) is 5.91 Å². The molecule has 4 heteroatoms. The molecule has 0 fully saturated rings. The Bertz CT molecular complexity index is 794. The maximum Gasteiger partial charge on any atom is 0.224 e. The summed E-state index contributed by atoms with van der Waals surface area (Å²) in [4.78, 5) is 15.2. The van der Waals surface area contributed by atoms with Crippen LogP contribution in [0.3, 0.4) is 0 Å². The van der Waals surface area contributed by atoms with E-state index < -0.39 is 0 Å². The number of benzene rings is 2. The lowest BCUT2D eigenvalue weighted by Crippen LogP contribution is -2.27. The molecular formula is C18H17ClN2O. The summed E-state index contributed by atoms with van der Waals surface area (Å²) in [6.07, 6.45) is 3.08. The molecule has 3 nitrogen and oxygen atoms in total. The number of carbonyl (C=O) groups is 1. The Morgan fingerprint density at radius 2 is 2.00 bits per heavy atom. The summed E-state index contributed by atoms with van der Waals surface area (Å²) in [6.45, 7) is 0.615. The van der Waals surface area contributed by atoms with Crippen LogP contribution < -0.4 is 5.32 Å². The second-order valence-corrected chi connectivity index (χ2v) is 5.74. The second kappa shape index (κ2) is 6.67. The third-order valence-electron chi connectivity index (χ3n) is 3.61. The zero-order chi connectivity index (χ0) is 15.4. The van der Waals surface area contributed by atoms with Crippen molar-refractivity contribution in [2.75, 3.05) is 6.54 Å². The molecule has 1 amide bonds. The number of hydrogen-bond donors (Lipinski definition) is 2. The van der Waals surface area contributed by atoms with E-state index in [9.17, 15) is 4.79 Å². The van der Waals surface area contributed by atoms with Crippen molar-refractivity contribution in [3.8, 4) is 0 Å². The maximum absolute atomic E-state index is 12.0. The van der Waals surface area contributed by atoms with Gasteiger partial charge >= 0.3 is 0 Å². The van der Waals surface area contributed by atoms with Crippen LogP contribution in [0.25, 0.3) is 10.9 Å². The van der Waals surface area contributed by atoms with E-state index in [1.54, 1.807) is 0 Å². The van der Waals surface area contributed by atoms with Crippen molar-refractivity contribution >= 4 is 28.4 Å². The van der Waals surface area contributed by atoms with E-state index in [2.05, 4.69) is 10.3 Å². The molecule has 0 unspecified atom stereocenters. The van der Waals surface area contributed by atoms with Crippen LogP contribution in [0.15, 0.2) is 54.7 Å². The lowest BCUT2D eigenvalue weighted by atomic mass is 10.1. The predicted molar refractivity (Wildman–Crippen MR) is 90.2 cm³/mol. The summed E-state index contributed by atoms with van der Waals surface area (Å²) in [5.41, 5.74) is 3.19. The van der Waals surface area contributed by atoms with Crippen LogP contribution in [0.2, 0.25) is 5.02 Å². The molecule has 0 bridgehead atoms. The Hall–Kier alpha value is -2.26. The van der Waals surface area contributed by atoms with Crippen LogP contribution in [0.5, 0.6) is 0 Å². The predicted octanol–water partition coefficient (Wildman–Crippen LogP) is 3.72. The molecule has 0 atom stereocenters. The minimum absolute atomic E-state index is 0.0351. The summed E-state index contributed by atoms with van der Waals surface area (Å²) in [6, 6.07) is 15.8. The Labute approximate surface area is 134 Å². The molecule has 3 aromatic rings. The number of fused-ring (bicyclic) bond motifs is 1. The molecule has 0 aliphatic carbocycles. The van der Waals surface area contributed by atoms with Crippen LogP contribution >= 0.6 is 11.6 Å². The lowest BCUT2D eigenvalue weighted by molar-refractivity contribution is -0.120. The zero-order valence-corrected chi connectivity index (χ0v) is 12.9. The number of amides is 1. The summed E-state index contributed by atoms with van der Waals surface area (Å²) >= 11 is 5.94. The molecule has 2 N–H and O–H groups in total. The highest BCUT2D eigenvalue weighted by Crippen LogP contribution is 2.14. The van der Waals surface area contributed by atoms with Gasteiger partial charge in [0.05, 0.1) is 6.42 Å². The van der Waals surface area contributed by atoms with Gasteiger partial charge in [-0.1, -0.05) is 35.9 Å². The smallest absolute Gasteiger partial charge is 0.224 e. The van der Waals surface area contributed by atoms with Crippen molar-refractivity contribution in [3.05, 3.63) is 70.9 Å². The lowest BCUT2D eigenvalue weighted by Gasteiger charge is -2.06. The fraction of sp³-hybridized carbons (Fsp3) is 0.167. The van der Waals surface area contributed by atoms with Crippen LogP contribution in [0.4, 0.5) is 0 Å². The summed E-state index contributed by atoms with van der Waals surface area (Å²) in [7, 11) is 0. The third-order valence-corrected chi connectivity index (χ3v) is 3.84. The Morgan fingerprint density at radius 3 is 2.86 bits per heavy atom. The van der Waals surface area contributed by atoms with Crippen LogP contribution in [-0.2, 0) is 17.6 Å². The van der Waals surface area contributed by atoms with Crippen molar-refractivity contribution in [1.82, 2.24) is 10.3 Å². The number of hydrogen-bond acceptors (Lipinski definition) is 1. The first kappa shape index (κ1) is 14.7. The van der Waals surface area contributed by atoms with Gasteiger partial charge in [0, 0.05) is 23.3 Å². The molecule has 1 heterocycles. The largest absolute Gasteiger partial charge is 0.361 e. The number of nitrogens with one attached hydrogen (secondary N) is 2. The first-order chi connectivity index (χ1) is 10.7. The normalized spacial score (nSPS) is 10.8. The molecule has 0 aliphatic heterocycles. The second-order valence-electron chi connectivity index (χ2n) is 5.31. The van der Waals surface area contributed by atoms with Gasteiger partial charge in [-0.3, -0.25) is 4.79 Å². The molecule has 2 aromatic carbocycles. The molecule has 0 saturated heterocycles. The van der Waals surface area contributed by atoms with E-state index >= 15 is 0 Å². The van der Waals surface area contributed by atoms with Crippen LogP contribution in [0, 0.1) is 0 Å². The van der Waals surface area contributed by atoms with E-state index in [0.29, 0.717) is 13.0 Å². The average Bonchev–Trinajstić information content (AvgIpc) is 2.95. The van der Waals surface area contributed by atoms with Gasteiger partial charge in [0.1, 0.15) is 0 Å². The quantitative estimate of drug-likeness (QED) is 0.741. The van der Waals surface area contributed by atoms with E-state index in [1.807, 2.05) is 54.7 Å². The first-order valence-corrected chi connectivity index (χ1v) is 7.66. The van der Waals surface area contributed by atoms with Gasteiger partial charge in [-0.25, -0.2) is 0 Å². The van der Waals surface area contributed by atoms with E-state index in [4.69, 9.17) is 11.6 Å². The van der Waals surface area contributed by atoms with Gasteiger partial charge in [0.25, 0.3) is 0 Å². The number of halogens is 1. The van der Waals surface area contributed by atoms with E-state index in [-0.39, 0.29) is 5.91 Å². The fourth-order valence-electron chi connectivity index (χ4n) is 2.49. The van der Waals surface area contributed by atoms with Gasteiger partial charge in [0.15, 0.2) is 0 Å². The minimum Gasteiger partial charge on any atom is -0.361 e. The fourth-order valence-corrected chi connectivity index (χ4v) is 2.70. The van der Waals surface area contributed by atoms with Gasteiger partial charge in [-0.15, -0.1) is 0 Å². The minimum atomic E-state index is 0.0351. The highest BCUT2D eigenvalue weighted by atomic mass is 35.5. The summed E-state index contributed by atoms with van der Waals surface area (Å²) < 4.78 is 0. The van der Waals surface area contributed by atoms with Crippen molar-refractivity contribution in [2.24, 2.45) is 0 Å². The molecule has 3 rings (SSSR count). The molecular weight excluding hydrogens is 296 g/mol. The number of aromatic nitrogens is 1. The Morgan fingerprint density at radius 1 is 1.09 bits per heavy atom. The van der Waals surface area contributed by atoms with Crippen LogP contribution in [-0.4, -0.2) is 17.4 Å². The van der Waals surface area contributed by atoms with Crippen molar-refractivity contribution in [2.45, 2.75) is 12.8 Å². The van der Waals surface area contributed by atoms with E-state index in [0.717, 1.165) is 33.5 Å². The molecule has 0 spiro atoms. The summed E-state index contributed by atoms with van der Waals surface area (Å²) in [5.74, 6) is 0.0351. The first-order valence-electron chi connectivity index (χ1n) is 7.28. The molecule has 0 radical (unpaired) electrons. The molecule has 112 valence electrons. The monoisotopic (exact) mass is 312 g/mol. The van der Waals surface area contributed by atoms with Gasteiger partial charge < -0.3 is 10.3 Å². The van der Waals surface area contributed by atoms with E-state index in [1.165, 1.54) is 0 Å². The highest BCUT2D eigenvalue weighted by molar-refractivity contribution is 6.30. The molecule has 1 aromatic heterocycles. The SMILES string of the molecule is O=C(Cc1ccc2cc[nH]c2c1)NCCc1cccc(Cl)c1.